The Balaban J connectivity index is 2.41. The van der Waals surface area contributed by atoms with E-state index in [1.165, 1.54) is 19.5 Å². The molecule has 0 bridgehead atoms. The van der Waals surface area contributed by atoms with Gasteiger partial charge in [0.15, 0.2) is 0 Å². The Bertz CT molecular complexity index is 415. The van der Waals surface area contributed by atoms with Gasteiger partial charge >= 0.3 is 5.70 Å². The van der Waals surface area contributed by atoms with Crippen molar-refractivity contribution in [1.82, 2.24) is 10.3 Å². The molecule has 6 nitrogen and oxygen atoms in total. The lowest BCUT2D eigenvalue weighted by molar-refractivity contribution is -0.414. The highest BCUT2D eigenvalue weighted by molar-refractivity contribution is 5.74. The first kappa shape index (κ1) is 12.8. The van der Waals surface area contributed by atoms with Crippen LogP contribution in [-0.4, -0.2) is 29.7 Å². The first-order chi connectivity index (χ1) is 8.24. The van der Waals surface area contributed by atoms with E-state index in [-0.39, 0.29) is 5.70 Å². The van der Waals surface area contributed by atoms with Crippen LogP contribution in [0.4, 0.5) is 0 Å². The van der Waals surface area contributed by atoms with Crippen LogP contribution >= 0.6 is 0 Å². The number of hydrogen-bond acceptors (Lipinski definition) is 5. The SMILES string of the molecule is CN=C/C(=C\NCCc1ccncc1)[N+](=O)[O-]. The maximum atomic E-state index is 10.6. The zero-order chi connectivity index (χ0) is 12.5. The van der Waals surface area contributed by atoms with Crippen LogP contribution in [0.2, 0.25) is 0 Å². The normalized spacial score (nSPS) is 11.7. The van der Waals surface area contributed by atoms with Crippen LogP contribution in [0.15, 0.2) is 41.4 Å². The molecule has 0 radical (unpaired) electrons. The molecule has 0 aromatic carbocycles. The van der Waals surface area contributed by atoms with E-state index >= 15 is 0 Å². The minimum atomic E-state index is -0.480. The molecule has 0 amide bonds. The second-order valence-electron chi connectivity index (χ2n) is 3.27. The van der Waals surface area contributed by atoms with Crippen LogP contribution in [0.3, 0.4) is 0 Å². The van der Waals surface area contributed by atoms with E-state index in [4.69, 9.17) is 0 Å². The van der Waals surface area contributed by atoms with Gasteiger partial charge in [-0.05, 0) is 24.1 Å². The monoisotopic (exact) mass is 234 g/mol. The van der Waals surface area contributed by atoms with Crippen LogP contribution in [0, 0.1) is 10.1 Å². The molecule has 1 aromatic rings. The molecule has 17 heavy (non-hydrogen) atoms. The molecule has 1 N–H and O–H groups in total. The summed E-state index contributed by atoms with van der Waals surface area (Å²) in [7, 11) is 1.49. The summed E-state index contributed by atoms with van der Waals surface area (Å²) < 4.78 is 0. The van der Waals surface area contributed by atoms with Gasteiger partial charge in [0.25, 0.3) is 0 Å². The average molecular weight is 234 g/mol. The summed E-state index contributed by atoms with van der Waals surface area (Å²) in [6.45, 7) is 0.624. The molecule has 90 valence electrons. The largest absolute Gasteiger partial charge is 0.385 e. The fraction of sp³-hybridized carbons (Fsp3) is 0.273. The number of aliphatic imine (C=N–C) groups is 1. The van der Waals surface area contributed by atoms with Gasteiger partial charge in [0.2, 0.25) is 0 Å². The molecule has 1 rings (SSSR count). The number of allylic oxidation sites excluding steroid dienone is 1. The highest BCUT2D eigenvalue weighted by Gasteiger charge is 2.04. The molecule has 0 spiro atoms. The highest BCUT2D eigenvalue weighted by Crippen LogP contribution is 1.96. The molecule has 0 unspecified atom stereocenters. The first-order valence-electron chi connectivity index (χ1n) is 5.13. The lowest BCUT2D eigenvalue weighted by Gasteiger charge is -2.00. The molecule has 0 atom stereocenters. The third-order valence-electron chi connectivity index (χ3n) is 2.03. The predicted molar refractivity (Wildman–Crippen MR) is 65.4 cm³/mol. The minimum Gasteiger partial charge on any atom is -0.385 e. The van der Waals surface area contributed by atoms with Gasteiger partial charge in [0.1, 0.15) is 6.21 Å². The van der Waals surface area contributed by atoms with Crippen molar-refractivity contribution >= 4 is 6.21 Å². The summed E-state index contributed by atoms with van der Waals surface area (Å²) in [5, 5.41) is 13.4. The number of nitrogens with zero attached hydrogens (tertiary/aromatic N) is 3. The van der Waals surface area contributed by atoms with Crippen molar-refractivity contribution in [2.24, 2.45) is 4.99 Å². The zero-order valence-corrected chi connectivity index (χ0v) is 9.54. The third kappa shape index (κ3) is 4.87. The Morgan fingerprint density at radius 2 is 2.29 bits per heavy atom. The lowest BCUT2D eigenvalue weighted by atomic mass is 10.2. The van der Waals surface area contributed by atoms with E-state index in [2.05, 4.69) is 15.3 Å². The Morgan fingerprint density at radius 1 is 1.59 bits per heavy atom. The van der Waals surface area contributed by atoms with E-state index in [0.29, 0.717) is 6.54 Å². The molecule has 0 aliphatic carbocycles. The fourth-order valence-corrected chi connectivity index (χ4v) is 1.21. The number of aromatic nitrogens is 1. The van der Waals surface area contributed by atoms with Gasteiger partial charge < -0.3 is 5.32 Å². The molecule has 1 heterocycles. The smallest absolute Gasteiger partial charge is 0.302 e. The topological polar surface area (TPSA) is 80.4 Å². The predicted octanol–water partition coefficient (Wildman–Crippen LogP) is 1.03. The van der Waals surface area contributed by atoms with Crippen LogP contribution in [0.25, 0.3) is 0 Å². The standard InChI is InChI=1S/C11H14N4O2/c1-12-8-11(15(16)17)9-14-7-4-10-2-5-13-6-3-10/h2-3,5-6,8-9,14H,4,7H2,1H3/b11-9+,12-8?. The minimum absolute atomic E-state index is 0.0535. The van der Waals surface area contributed by atoms with Crippen LogP contribution in [0.5, 0.6) is 0 Å². The maximum Gasteiger partial charge on any atom is 0.302 e. The maximum absolute atomic E-state index is 10.6. The number of rotatable bonds is 6. The molecule has 0 fully saturated rings. The van der Waals surface area contributed by atoms with Gasteiger partial charge in [-0.15, -0.1) is 0 Å². The molecule has 6 heteroatoms. The van der Waals surface area contributed by atoms with E-state index < -0.39 is 4.92 Å². The van der Waals surface area contributed by atoms with Crippen LogP contribution in [-0.2, 0) is 6.42 Å². The van der Waals surface area contributed by atoms with Crippen molar-refractivity contribution in [2.45, 2.75) is 6.42 Å². The number of pyridine rings is 1. The van der Waals surface area contributed by atoms with Gasteiger partial charge in [0, 0.05) is 26.0 Å². The molecule has 0 aliphatic heterocycles. The van der Waals surface area contributed by atoms with Crippen molar-refractivity contribution in [3.63, 3.8) is 0 Å². The summed E-state index contributed by atoms with van der Waals surface area (Å²) >= 11 is 0. The van der Waals surface area contributed by atoms with E-state index in [9.17, 15) is 10.1 Å². The molecular weight excluding hydrogens is 220 g/mol. The molecule has 0 saturated carbocycles. The second kappa shape index (κ2) is 7.10. The Hall–Kier alpha value is -2.24. The van der Waals surface area contributed by atoms with Gasteiger partial charge in [-0.25, -0.2) is 0 Å². The summed E-state index contributed by atoms with van der Waals surface area (Å²) in [4.78, 5) is 17.6. The summed E-state index contributed by atoms with van der Waals surface area (Å²) in [5.74, 6) is 0. The van der Waals surface area contributed by atoms with E-state index in [1.807, 2.05) is 12.1 Å². The second-order valence-corrected chi connectivity index (χ2v) is 3.27. The van der Waals surface area contributed by atoms with Gasteiger partial charge in [-0.1, -0.05) is 0 Å². The molecule has 0 aliphatic rings. The molecular formula is C11H14N4O2. The average Bonchev–Trinajstić information content (AvgIpc) is 2.34. The van der Waals surface area contributed by atoms with Gasteiger partial charge in [-0.3, -0.25) is 20.1 Å². The summed E-state index contributed by atoms with van der Waals surface area (Å²) in [5.41, 5.74) is 1.08. The zero-order valence-electron chi connectivity index (χ0n) is 9.54. The lowest BCUT2D eigenvalue weighted by Crippen LogP contribution is -2.13. The Kier molecular flexibility index (Phi) is 5.36. The number of nitro groups is 1. The van der Waals surface area contributed by atoms with E-state index in [1.54, 1.807) is 12.4 Å². The molecule has 1 aromatic heterocycles. The van der Waals surface area contributed by atoms with Crippen molar-refractivity contribution < 1.29 is 4.92 Å². The number of hydrogen-bond donors (Lipinski definition) is 1. The van der Waals surface area contributed by atoms with Gasteiger partial charge in [-0.2, -0.15) is 0 Å². The van der Waals surface area contributed by atoms with Crippen LogP contribution < -0.4 is 5.32 Å². The third-order valence-corrected chi connectivity index (χ3v) is 2.03. The van der Waals surface area contributed by atoms with Crippen molar-refractivity contribution in [3.05, 3.63) is 52.1 Å². The fourth-order valence-electron chi connectivity index (χ4n) is 1.21. The first-order valence-corrected chi connectivity index (χ1v) is 5.13. The Labute approximate surface area is 99.2 Å². The van der Waals surface area contributed by atoms with Crippen molar-refractivity contribution in [2.75, 3.05) is 13.6 Å². The van der Waals surface area contributed by atoms with Crippen molar-refractivity contribution in [3.8, 4) is 0 Å². The quantitative estimate of drug-likeness (QED) is 0.345. The number of nitrogens with one attached hydrogen (secondary N) is 1. The van der Waals surface area contributed by atoms with Crippen molar-refractivity contribution in [1.29, 1.82) is 0 Å². The van der Waals surface area contributed by atoms with Crippen LogP contribution in [0.1, 0.15) is 5.56 Å². The van der Waals surface area contributed by atoms with Gasteiger partial charge in [0.05, 0.1) is 11.1 Å². The highest BCUT2D eigenvalue weighted by atomic mass is 16.6. The summed E-state index contributed by atoms with van der Waals surface area (Å²) in [6.07, 6.45) is 6.79. The molecule has 0 saturated heterocycles. The summed E-state index contributed by atoms with van der Waals surface area (Å²) in [6, 6.07) is 3.82. The Morgan fingerprint density at radius 3 is 2.88 bits per heavy atom. The van der Waals surface area contributed by atoms with E-state index in [0.717, 1.165) is 12.0 Å².